The van der Waals surface area contributed by atoms with Gasteiger partial charge in [0.1, 0.15) is 11.6 Å². The molecule has 1 nitrogen and oxygen atoms in total. The van der Waals surface area contributed by atoms with Crippen LogP contribution >= 0.6 is 11.8 Å². The number of allylic oxidation sites excluding steroid dienone is 1. The zero-order chi connectivity index (χ0) is 18.3. The van der Waals surface area contributed by atoms with Gasteiger partial charge in [0.2, 0.25) is 0 Å². The van der Waals surface area contributed by atoms with E-state index in [1.54, 1.807) is 18.7 Å². The topological polar surface area (TPSA) is 12.4 Å². The molecule has 0 radical (unpaired) electrons. The van der Waals surface area contributed by atoms with Crippen LogP contribution in [0.4, 0.5) is 14.5 Å². The first-order valence-corrected chi connectivity index (χ1v) is 8.33. The lowest BCUT2D eigenvalue weighted by atomic mass is 10.1. The third-order valence-electron chi connectivity index (χ3n) is 3.28. The molecule has 0 aliphatic carbocycles. The zero-order valence-electron chi connectivity index (χ0n) is 13.9. The van der Waals surface area contributed by atoms with Gasteiger partial charge in [-0.2, -0.15) is 0 Å². The third-order valence-corrected chi connectivity index (χ3v) is 4.00. The molecule has 0 saturated carbocycles. The van der Waals surface area contributed by atoms with Gasteiger partial charge in [-0.25, -0.2) is 8.78 Å². The van der Waals surface area contributed by atoms with Gasteiger partial charge >= 0.3 is 0 Å². The Bertz CT molecular complexity index is 771. The normalized spacial score (nSPS) is 10.7. The molecule has 0 amide bonds. The molecule has 0 N–H and O–H groups in total. The van der Waals surface area contributed by atoms with Gasteiger partial charge in [0.05, 0.1) is 17.0 Å². The van der Waals surface area contributed by atoms with E-state index in [0.29, 0.717) is 11.4 Å². The minimum atomic E-state index is -0.612. The number of thioether (sulfide) groups is 1. The van der Waals surface area contributed by atoms with E-state index < -0.39 is 11.6 Å². The second kappa shape index (κ2) is 9.05. The third kappa shape index (κ3) is 4.56. The summed E-state index contributed by atoms with van der Waals surface area (Å²) < 4.78 is 27.7. The van der Waals surface area contributed by atoms with E-state index in [0.717, 1.165) is 16.0 Å². The molecular weight excluding hydrogens is 324 g/mol. The first-order valence-electron chi connectivity index (χ1n) is 7.11. The number of nitrogens with zero attached hydrogens (tertiary/aromatic N) is 1. The van der Waals surface area contributed by atoms with E-state index in [9.17, 15) is 8.78 Å². The molecule has 2 aromatic rings. The monoisotopic (exact) mass is 343 g/mol. The van der Waals surface area contributed by atoms with E-state index in [2.05, 4.69) is 24.4 Å². The highest BCUT2D eigenvalue weighted by molar-refractivity contribution is 7.98. The van der Waals surface area contributed by atoms with Crippen molar-refractivity contribution in [2.45, 2.75) is 18.7 Å². The Labute approximate surface area is 146 Å². The van der Waals surface area contributed by atoms with Crippen LogP contribution in [0.2, 0.25) is 0 Å². The van der Waals surface area contributed by atoms with Gasteiger partial charge in [0, 0.05) is 10.5 Å². The van der Waals surface area contributed by atoms with Gasteiger partial charge in [0.15, 0.2) is 0 Å². The van der Waals surface area contributed by atoms with Gasteiger partial charge in [-0.05, 0) is 56.0 Å². The Balaban J connectivity index is 0.00000139. The standard InChI is InChI=1S/C18H17F2NS.C2H2/c1-11(2)14-10-13(22-4)8-9-17(14)21-12(3)18-15(19)6-5-7-16(18)20;1-2/h5-10H,1H2,2-4H3;1-2H. The number of benzene rings is 2. The highest BCUT2D eigenvalue weighted by Gasteiger charge is 2.12. The minimum absolute atomic E-state index is 0.0934. The van der Waals surface area contributed by atoms with Crippen LogP contribution in [0.3, 0.4) is 0 Å². The van der Waals surface area contributed by atoms with Crippen molar-refractivity contribution in [3.63, 3.8) is 0 Å². The maximum Gasteiger partial charge on any atom is 0.135 e. The molecule has 0 spiro atoms. The molecule has 0 aromatic heterocycles. The van der Waals surface area contributed by atoms with Gasteiger partial charge in [-0.15, -0.1) is 24.6 Å². The SMILES string of the molecule is C#C.C=C(C)c1cc(SC)ccc1N=C(C)c1c(F)cccc1F. The largest absolute Gasteiger partial charge is 0.252 e. The zero-order valence-corrected chi connectivity index (χ0v) is 14.8. The quantitative estimate of drug-likeness (QED) is 0.371. The van der Waals surface area contributed by atoms with Crippen LogP contribution in [0.15, 0.2) is 52.9 Å². The molecule has 4 heteroatoms. The Kier molecular flexibility index (Phi) is 7.41. The second-order valence-corrected chi connectivity index (χ2v) is 5.84. The summed E-state index contributed by atoms with van der Waals surface area (Å²) in [5.41, 5.74) is 2.60. The molecule has 2 rings (SSSR count). The minimum Gasteiger partial charge on any atom is -0.252 e. The van der Waals surface area contributed by atoms with Crippen LogP contribution < -0.4 is 0 Å². The van der Waals surface area contributed by atoms with Crippen LogP contribution in [-0.4, -0.2) is 12.0 Å². The highest BCUT2D eigenvalue weighted by Crippen LogP contribution is 2.30. The number of terminal acetylenes is 1. The second-order valence-electron chi connectivity index (χ2n) is 4.96. The first kappa shape index (κ1) is 19.7. The van der Waals surface area contributed by atoms with Crippen molar-refractivity contribution in [1.29, 1.82) is 0 Å². The van der Waals surface area contributed by atoms with Crippen molar-refractivity contribution in [3.05, 3.63) is 65.7 Å². The number of aliphatic imine (C=N–C) groups is 1. The highest BCUT2D eigenvalue weighted by atomic mass is 32.2. The summed E-state index contributed by atoms with van der Waals surface area (Å²) in [6, 6.07) is 9.56. The molecule has 0 bridgehead atoms. The van der Waals surface area contributed by atoms with Crippen molar-refractivity contribution in [3.8, 4) is 12.8 Å². The van der Waals surface area contributed by atoms with E-state index in [1.807, 2.05) is 31.4 Å². The Morgan fingerprint density at radius 1 is 1.08 bits per heavy atom. The van der Waals surface area contributed by atoms with E-state index in [1.165, 1.54) is 18.2 Å². The molecular formula is C20H19F2NS. The van der Waals surface area contributed by atoms with Crippen LogP contribution in [0, 0.1) is 24.5 Å². The molecule has 124 valence electrons. The Morgan fingerprint density at radius 3 is 2.17 bits per heavy atom. The lowest BCUT2D eigenvalue weighted by Gasteiger charge is -2.10. The van der Waals surface area contributed by atoms with Crippen molar-refractivity contribution >= 4 is 28.7 Å². The fourth-order valence-corrected chi connectivity index (χ4v) is 2.60. The maximum absolute atomic E-state index is 13.8. The average molecular weight is 343 g/mol. The van der Waals surface area contributed by atoms with Crippen molar-refractivity contribution in [2.75, 3.05) is 6.26 Å². The van der Waals surface area contributed by atoms with E-state index in [-0.39, 0.29) is 5.56 Å². The molecule has 0 atom stereocenters. The first-order chi connectivity index (χ1) is 11.4. The van der Waals surface area contributed by atoms with Crippen LogP contribution in [-0.2, 0) is 0 Å². The van der Waals surface area contributed by atoms with E-state index >= 15 is 0 Å². The van der Waals surface area contributed by atoms with Gasteiger partial charge in [-0.1, -0.05) is 12.6 Å². The number of hydrogen-bond donors (Lipinski definition) is 0. The van der Waals surface area contributed by atoms with Gasteiger partial charge < -0.3 is 0 Å². The summed E-state index contributed by atoms with van der Waals surface area (Å²) in [4.78, 5) is 5.50. The molecule has 0 heterocycles. The van der Waals surface area contributed by atoms with Crippen molar-refractivity contribution in [2.24, 2.45) is 4.99 Å². The van der Waals surface area contributed by atoms with Gasteiger partial charge in [-0.3, -0.25) is 4.99 Å². The molecule has 0 saturated heterocycles. The molecule has 0 unspecified atom stereocenters. The number of rotatable bonds is 4. The van der Waals surface area contributed by atoms with Crippen LogP contribution in [0.1, 0.15) is 25.0 Å². The smallest absolute Gasteiger partial charge is 0.135 e. The lowest BCUT2D eigenvalue weighted by molar-refractivity contribution is 0.579. The summed E-state index contributed by atoms with van der Waals surface area (Å²) >= 11 is 1.62. The van der Waals surface area contributed by atoms with Crippen LogP contribution in [0.5, 0.6) is 0 Å². The fourth-order valence-electron chi connectivity index (χ4n) is 2.16. The molecule has 24 heavy (non-hydrogen) atoms. The van der Waals surface area contributed by atoms with Gasteiger partial charge in [0.25, 0.3) is 0 Å². The van der Waals surface area contributed by atoms with Crippen LogP contribution in [0.25, 0.3) is 5.57 Å². The Morgan fingerprint density at radius 2 is 1.67 bits per heavy atom. The molecule has 0 aliphatic rings. The Hall–Kier alpha value is -2.38. The fraction of sp³-hybridized carbons (Fsp3) is 0.150. The summed E-state index contributed by atoms with van der Waals surface area (Å²) in [6.07, 6.45) is 9.99. The maximum atomic E-state index is 13.8. The lowest BCUT2D eigenvalue weighted by Crippen LogP contribution is -2.02. The summed E-state index contributed by atoms with van der Waals surface area (Å²) in [6.45, 7) is 7.44. The summed E-state index contributed by atoms with van der Waals surface area (Å²) in [7, 11) is 0. The summed E-state index contributed by atoms with van der Waals surface area (Å²) in [5.74, 6) is -1.22. The number of halogens is 2. The van der Waals surface area contributed by atoms with Crippen molar-refractivity contribution in [1.82, 2.24) is 0 Å². The molecule has 2 aromatic carbocycles. The van der Waals surface area contributed by atoms with E-state index in [4.69, 9.17) is 0 Å². The van der Waals surface area contributed by atoms with Crippen molar-refractivity contribution < 1.29 is 8.78 Å². The summed E-state index contributed by atoms with van der Waals surface area (Å²) in [5, 5.41) is 0. The molecule has 0 aliphatic heterocycles. The number of hydrogen-bond acceptors (Lipinski definition) is 2. The molecule has 0 fully saturated rings. The average Bonchev–Trinajstić information content (AvgIpc) is 2.56. The predicted octanol–water partition coefficient (Wildman–Crippen LogP) is 6.11. The predicted molar refractivity (Wildman–Crippen MR) is 101 cm³/mol.